The van der Waals surface area contributed by atoms with Crippen molar-refractivity contribution in [1.29, 1.82) is 0 Å². The molecule has 0 radical (unpaired) electrons. The summed E-state index contributed by atoms with van der Waals surface area (Å²) in [6.45, 7) is 3.67. The van der Waals surface area contributed by atoms with Gasteiger partial charge >= 0.3 is 0 Å². The van der Waals surface area contributed by atoms with E-state index in [1.165, 1.54) is 6.33 Å². The minimum atomic E-state index is -0.467. The highest BCUT2D eigenvalue weighted by atomic mass is 16.5. The van der Waals surface area contributed by atoms with Gasteiger partial charge in [0.1, 0.15) is 12.0 Å². The molecule has 2 aromatic heterocycles. The van der Waals surface area contributed by atoms with Crippen LogP contribution in [0.15, 0.2) is 79.1 Å². The molecule has 1 aliphatic rings. The summed E-state index contributed by atoms with van der Waals surface area (Å²) >= 11 is 0. The van der Waals surface area contributed by atoms with Gasteiger partial charge in [0, 0.05) is 52.1 Å². The number of carbonyl (C=O) groups excluding carboxylic acids is 2. The van der Waals surface area contributed by atoms with Gasteiger partial charge in [0.05, 0.1) is 31.6 Å². The third kappa shape index (κ3) is 6.09. The van der Waals surface area contributed by atoms with E-state index >= 15 is 0 Å². The summed E-state index contributed by atoms with van der Waals surface area (Å²) in [7, 11) is 0. The monoisotopic (exact) mass is 591 g/mol. The van der Waals surface area contributed by atoms with Gasteiger partial charge in [-0.3, -0.25) is 9.59 Å². The zero-order valence-electron chi connectivity index (χ0n) is 24.3. The van der Waals surface area contributed by atoms with Crippen LogP contribution in [-0.4, -0.2) is 74.3 Å². The minimum Gasteiger partial charge on any atom is -0.393 e. The number of hydrogen-bond donors (Lipinski definition) is 4. The van der Waals surface area contributed by atoms with E-state index < -0.39 is 6.10 Å². The van der Waals surface area contributed by atoms with Gasteiger partial charge in [0.15, 0.2) is 0 Å². The second-order valence-electron chi connectivity index (χ2n) is 10.8. The Balaban J connectivity index is 1.27. The van der Waals surface area contributed by atoms with Crippen LogP contribution >= 0.6 is 0 Å². The van der Waals surface area contributed by atoms with Crippen molar-refractivity contribution >= 4 is 28.5 Å². The molecule has 1 atom stereocenters. The van der Waals surface area contributed by atoms with E-state index in [0.717, 1.165) is 22.2 Å². The highest BCUT2D eigenvalue weighted by molar-refractivity contribution is 6.05. The van der Waals surface area contributed by atoms with E-state index in [4.69, 9.17) is 4.74 Å². The van der Waals surface area contributed by atoms with Crippen LogP contribution < -0.4 is 5.32 Å². The number of nitrogens with one attached hydrogen (secondary N) is 2. The number of H-pyrrole nitrogens is 1. The molecule has 44 heavy (non-hydrogen) atoms. The SMILES string of the molecule is CC(O)Cc1ccc(C(=O)Nc2cccc(-c3ncnc4[nH]c(-c5ccc(C(=O)N6CCOCC6)cc5)cc34)c2CO)cc1. The van der Waals surface area contributed by atoms with E-state index in [0.29, 0.717) is 72.0 Å². The topological polar surface area (TPSA) is 141 Å². The molecule has 1 unspecified atom stereocenters. The molecule has 4 N–H and O–H groups in total. The summed E-state index contributed by atoms with van der Waals surface area (Å²) in [5.74, 6) is -0.325. The first kappa shape index (κ1) is 29.2. The Morgan fingerprint density at radius 2 is 1.73 bits per heavy atom. The maximum atomic E-state index is 13.1. The average Bonchev–Trinajstić information content (AvgIpc) is 3.50. The number of aromatic nitrogens is 3. The smallest absolute Gasteiger partial charge is 0.255 e. The van der Waals surface area contributed by atoms with Crippen molar-refractivity contribution in [1.82, 2.24) is 19.9 Å². The van der Waals surface area contributed by atoms with Gasteiger partial charge in [-0.1, -0.05) is 36.4 Å². The van der Waals surface area contributed by atoms with Crippen molar-refractivity contribution in [3.8, 4) is 22.5 Å². The molecule has 1 aliphatic heterocycles. The molecule has 2 amide bonds. The maximum absolute atomic E-state index is 13.1. The fraction of sp³-hybridized carbons (Fsp3) is 0.235. The van der Waals surface area contributed by atoms with E-state index in [-0.39, 0.29) is 18.4 Å². The highest BCUT2D eigenvalue weighted by Gasteiger charge is 2.20. The molecule has 3 heterocycles. The lowest BCUT2D eigenvalue weighted by Crippen LogP contribution is -2.40. The summed E-state index contributed by atoms with van der Waals surface area (Å²) in [4.78, 5) is 40.1. The predicted octanol–water partition coefficient (Wildman–Crippen LogP) is 4.43. The van der Waals surface area contributed by atoms with Gasteiger partial charge in [-0.25, -0.2) is 9.97 Å². The number of amides is 2. The van der Waals surface area contributed by atoms with E-state index in [1.54, 1.807) is 30.0 Å². The molecule has 1 saturated heterocycles. The van der Waals surface area contributed by atoms with Crippen molar-refractivity contribution in [3.05, 3.63) is 101 Å². The molecule has 0 aliphatic carbocycles. The van der Waals surface area contributed by atoms with E-state index in [9.17, 15) is 19.8 Å². The molecular formula is C34H33N5O5. The molecule has 10 nitrogen and oxygen atoms in total. The lowest BCUT2D eigenvalue weighted by atomic mass is 10.00. The predicted molar refractivity (Wildman–Crippen MR) is 167 cm³/mol. The first-order valence-corrected chi connectivity index (χ1v) is 14.5. The van der Waals surface area contributed by atoms with Crippen LogP contribution in [0.5, 0.6) is 0 Å². The van der Waals surface area contributed by atoms with Crippen molar-refractivity contribution in [3.63, 3.8) is 0 Å². The van der Waals surface area contributed by atoms with Gasteiger partial charge < -0.3 is 30.2 Å². The van der Waals surface area contributed by atoms with Crippen LogP contribution in [0.1, 0.15) is 38.8 Å². The fourth-order valence-corrected chi connectivity index (χ4v) is 5.48. The zero-order valence-corrected chi connectivity index (χ0v) is 24.3. The van der Waals surface area contributed by atoms with Gasteiger partial charge in [-0.05, 0) is 60.9 Å². The third-order valence-corrected chi connectivity index (χ3v) is 7.75. The lowest BCUT2D eigenvalue weighted by Gasteiger charge is -2.26. The Labute approximate surface area is 254 Å². The van der Waals surface area contributed by atoms with Crippen LogP contribution in [-0.2, 0) is 17.8 Å². The largest absolute Gasteiger partial charge is 0.393 e. The number of rotatable bonds is 8. The number of nitrogens with zero attached hydrogens (tertiary/aromatic N) is 3. The van der Waals surface area contributed by atoms with E-state index in [2.05, 4.69) is 20.3 Å². The third-order valence-electron chi connectivity index (χ3n) is 7.75. The molecular weight excluding hydrogens is 558 g/mol. The lowest BCUT2D eigenvalue weighted by molar-refractivity contribution is 0.0303. The molecule has 1 fully saturated rings. The zero-order chi connectivity index (χ0) is 30.6. The Kier molecular flexibility index (Phi) is 8.47. The number of anilines is 1. The Morgan fingerprint density at radius 1 is 1.00 bits per heavy atom. The number of aromatic amines is 1. The first-order chi connectivity index (χ1) is 21.4. The number of hydrogen-bond acceptors (Lipinski definition) is 7. The summed E-state index contributed by atoms with van der Waals surface area (Å²) < 4.78 is 5.35. The summed E-state index contributed by atoms with van der Waals surface area (Å²) in [6, 6.07) is 21.9. The molecule has 10 heteroatoms. The second kappa shape index (κ2) is 12.8. The highest BCUT2D eigenvalue weighted by Crippen LogP contribution is 2.34. The van der Waals surface area contributed by atoms with Gasteiger partial charge in [0.2, 0.25) is 0 Å². The van der Waals surface area contributed by atoms with Crippen LogP contribution in [0.2, 0.25) is 0 Å². The average molecular weight is 592 g/mol. The molecule has 5 aromatic rings. The second-order valence-corrected chi connectivity index (χ2v) is 10.8. The number of carbonyl (C=O) groups is 2. The molecule has 0 bridgehead atoms. The summed E-state index contributed by atoms with van der Waals surface area (Å²) in [6.07, 6.45) is 1.50. The maximum Gasteiger partial charge on any atom is 0.255 e. The number of ether oxygens (including phenoxy) is 1. The first-order valence-electron chi connectivity index (χ1n) is 14.5. The Bertz CT molecular complexity index is 1790. The van der Waals surface area contributed by atoms with Crippen molar-refractivity contribution in [2.75, 3.05) is 31.6 Å². The van der Waals surface area contributed by atoms with Gasteiger partial charge in [0.25, 0.3) is 11.8 Å². The molecule has 0 spiro atoms. The van der Waals surface area contributed by atoms with Crippen molar-refractivity contribution in [2.45, 2.75) is 26.1 Å². The van der Waals surface area contributed by atoms with Gasteiger partial charge in [-0.2, -0.15) is 0 Å². The minimum absolute atomic E-state index is 0.0125. The van der Waals surface area contributed by atoms with Crippen molar-refractivity contribution < 1.29 is 24.5 Å². The summed E-state index contributed by atoms with van der Waals surface area (Å²) in [5, 5.41) is 23.7. The van der Waals surface area contributed by atoms with Crippen LogP contribution in [0.3, 0.4) is 0 Å². The number of benzene rings is 3. The standard InChI is InChI=1S/C34H33N5O5/c1-21(41)17-22-5-7-24(8-6-22)33(42)38-29-4-2-3-26(28(29)19-40)31-27-18-30(37-32(27)36-20-35-31)23-9-11-25(12-10-23)34(43)39-13-15-44-16-14-39/h2-12,18,20-21,40-41H,13-17,19H2,1H3,(H,38,42)(H,35,36,37). The normalized spacial score (nSPS) is 14.0. The quantitative estimate of drug-likeness (QED) is 0.209. The number of aliphatic hydroxyl groups excluding tert-OH is 2. The van der Waals surface area contributed by atoms with Crippen molar-refractivity contribution in [2.24, 2.45) is 0 Å². The number of aliphatic hydroxyl groups is 2. The molecule has 6 rings (SSSR count). The van der Waals surface area contributed by atoms with E-state index in [1.807, 2.05) is 54.6 Å². The Morgan fingerprint density at radius 3 is 2.43 bits per heavy atom. The summed E-state index contributed by atoms with van der Waals surface area (Å²) in [5.41, 5.74) is 6.62. The molecule has 224 valence electrons. The van der Waals surface area contributed by atoms with Crippen LogP contribution in [0, 0.1) is 0 Å². The van der Waals surface area contributed by atoms with Gasteiger partial charge in [-0.15, -0.1) is 0 Å². The molecule has 0 saturated carbocycles. The van der Waals surface area contributed by atoms with Crippen LogP contribution in [0.4, 0.5) is 5.69 Å². The fourth-order valence-electron chi connectivity index (χ4n) is 5.48. The Hall–Kier alpha value is -4.90. The number of morpholine rings is 1. The molecule has 3 aromatic carbocycles. The number of fused-ring (bicyclic) bond motifs is 1. The van der Waals surface area contributed by atoms with Crippen LogP contribution in [0.25, 0.3) is 33.5 Å².